The molecule has 1 fully saturated rings. The van der Waals surface area contributed by atoms with E-state index in [4.69, 9.17) is 9.84 Å². The molecule has 39 heavy (non-hydrogen) atoms. The lowest BCUT2D eigenvalue weighted by Gasteiger charge is -2.31. The summed E-state index contributed by atoms with van der Waals surface area (Å²) in [5.41, 5.74) is 5.87. The Balaban J connectivity index is 1.35. The van der Waals surface area contributed by atoms with Crippen LogP contribution < -0.4 is 20.9 Å². The highest BCUT2D eigenvalue weighted by molar-refractivity contribution is 6.04. The Hall–Kier alpha value is -4.78. The van der Waals surface area contributed by atoms with E-state index in [2.05, 4.69) is 46.9 Å². The molecule has 13 nitrogen and oxygen atoms in total. The van der Waals surface area contributed by atoms with Gasteiger partial charge in [0.15, 0.2) is 11.5 Å². The Labute approximate surface area is 224 Å². The zero-order valence-corrected chi connectivity index (χ0v) is 21.8. The monoisotopic (exact) mass is 528 g/mol. The van der Waals surface area contributed by atoms with Crippen molar-refractivity contribution in [1.29, 1.82) is 0 Å². The van der Waals surface area contributed by atoms with Crippen molar-refractivity contribution in [2.75, 3.05) is 42.8 Å². The Morgan fingerprint density at radius 1 is 1.05 bits per heavy atom. The lowest BCUT2D eigenvalue weighted by molar-refractivity contribution is 0.0957. The molecule has 4 aromatic rings. The number of hydrogen-bond donors (Lipinski definition) is 3. The molecular weight excluding hydrogens is 500 g/mol. The second-order valence-electron chi connectivity index (χ2n) is 9.58. The number of ether oxygens (including phenoxy) is 1. The summed E-state index contributed by atoms with van der Waals surface area (Å²) in [4.78, 5) is 27.5. The maximum absolute atomic E-state index is 12.7. The zero-order chi connectivity index (χ0) is 27.1. The van der Waals surface area contributed by atoms with Gasteiger partial charge in [-0.25, -0.2) is 0 Å². The molecule has 1 aromatic carbocycles. The van der Waals surface area contributed by atoms with Crippen molar-refractivity contribution in [3.8, 4) is 11.1 Å². The van der Waals surface area contributed by atoms with Crippen LogP contribution in [0.1, 0.15) is 39.0 Å². The Morgan fingerprint density at radius 3 is 2.67 bits per heavy atom. The van der Waals surface area contributed by atoms with Crippen molar-refractivity contribution in [1.82, 2.24) is 35.1 Å². The molecule has 3 aromatic heterocycles. The molecule has 2 aliphatic rings. The van der Waals surface area contributed by atoms with Gasteiger partial charge in [0.1, 0.15) is 0 Å². The number of benzene rings is 1. The highest BCUT2D eigenvalue weighted by Gasteiger charge is 2.30. The standard InChI is InChI=1S/C26H28N10O3/c1-27-26(38)23-20(9-22(32-33-23)31-25(37)15-10-28-35(3)12-15)30-19-6-4-5-17-18-11-29-36(16-7-8-39-14-16)21(18)13-34(2)24(17)19/h4-6,9-12,16H,7-8,13-14H2,1-3H3,(H,27,38)(H2,30,31,32,37)/t16-/m1/s1. The number of rotatable bonds is 6. The molecule has 0 spiro atoms. The van der Waals surface area contributed by atoms with Gasteiger partial charge in [0.05, 0.1) is 59.9 Å². The Kier molecular flexibility index (Phi) is 6.19. The van der Waals surface area contributed by atoms with Gasteiger partial charge in [-0.1, -0.05) is 12.1 Å². The van der Waals surface area contributed by atoms with Gasteiger partial charge in [0.2, 0.25) is 0 Å². The van der Waals surface area contributed by atoms with Crippen molar-refractivity contribution in [2.24, 2.45) is 7.05 Å². The summed E-state index contributed by atoms with van der Waals surface area (Å²) >= 11 is 0. The van der Waals surface area contributed by atoms with Gasteiger partial charge in [-0.15, -0.1) is 10.2 Å². The molecule has 2 aliphatic heterocycles. The van der Waals surface area contributed by atoms with Crippen molar-refractivity contribution in [3.63, 3.8) is 0 Å². The number of anilines is 4. The summed E-state index contributed by atoms with van der Waals surface area (Å²) in [6, 6.07) is 7.80. The predicted molar refractivity (Wildman–Crippen MR) is 144 cm³/mol. The van der Waals surface area contributed by atoms with E-state index in [-0.39, 0.29) is 23.5 Å². The van der Waals surface area contributed by atoms with Crippen LogP contribution in [0.4, 0.5) is 22.9 Å². The van der Waals surface area contributed by atoms with Crippen LogP contribution in [0.5, 0.6) is 0 Å². The van der Waals surface area contributed by atoms with E-state index in [9.17, 15) is 9.59 Å². The van der Waals surface area contributed by atoms with Gasteiger partial charge in [0, 0.05) is 51.1 Å². The van der Waals surface area contributed by atoms with Crippen molar-refractivity contribution in [3.05, 3.63) is 59.8 Å². The van der Waals surface area contributed by atoms with Gasteiger partial charge in [0.25, 0.3) is 11.8 Å². The van der Waals surface area contributed by atoms with E-state index < -0.39 is 5.91 Å². The van der Waals surface area contributed by atoms with Crippen LogP contribution in [-0.4, -0.2) is 68.9 Å². The Bertz CT molecular complexity index is 1570. The number of aryl methyl sites for hydroxylation is 1. The number of para-hydroxylation sites is 1. The highest BCUT2D eigenvalue weighted by Crippen LogP contribution is 2.44. The summed E-state index contributed by atoms with van der Waals surface area (Å²) in [6.45, 7) is 2.09. The van der Waals surface area contributed by atoms with Crippen molar-refractivity contribution >= 4 is 34.7 Å². The van der Waals surface area contributed by atoms with Gasteiger partial charge in [-0.05, 0) is 12.5 Å². The minimum atomic E-state index is -0.407. The summed E-state index contributed by atoms with van der Waals surface area (Å²) in [5, 5.41) is 25.6. The minimum Gasteiger partial charge on any atom is -0.379 e. The van der Waals surface area contributed by atoms with Gasteiger partial charge in [-0.3, -0.25) is 19.0 Å². The third kappa shape index (κ3) is 4.46. The van der Waals surface area contributed by atoms with Crippen molar-refractivity contribution in [2.45, 2.75) is 19.0 Å². The fourth-order valence-electron chi connectivity index (χ4n) is 5.08. The number of fused-ring (bicyclic) bond motifs is 3. The first-order valence-electron chi connectivity index (χ1n) is 12.6. The van der Waals surface area contributed by atoms with E-state index in [0.29, 0.717) is 24.4 Å². The predicted octanol–water partition coefficient (Wildman–Crippen LogP) is 2.34. The molecule has 200 valence electrons. The van der Waals surface area contributed by atoms with E-state index in [1.807, 2.05) is 25.4 Å². The maximum Gasteiger partial charge on any atom is 0.273 e. The van der Waals surface area contributed by atoms with Crippen LogP contribution >= 0.6 is 0 Å². The van der Waals surface area contributed by atoms with Crippen molar-refractivity contribution < 1.29 is 14.3 Å². The smallest absolute Gasteiger partial charge is 0.273 e. The molecule has 5 heterocycles. The van der Waals surface area contributed by atoms with E-state index in [1.165, 1.54) is 17.9 Å². The van der Waals surface area contributed by atoms with Crippen LogP contribution in [0.3, 0.4) is 0 Å². The topological polar surface area (TPSA) is 144 Å². The third-order valence-corrected chi connectivity index (χ3v) is 6.96. The number of nitrogens with zero attached hydrogens (tertiary/aromatic N) is 7. The number of aromatic nitrogens is 6. The number of amides is 2. The van der Waals surface area contributed by atoms with E-state index in [1.54, 1.807) is 19.3 Å². The molecular formula is C26H28N10O3. The normalized spacial score (nSPS) is 16.0. The number of nitrogens with one attached hydrogen (secondary N) is 3. The third-order valence-electron chi connectivity index (χ3n) is 6.96. The summed E-state index contributed by atoms with van der Waals surface area (Å²) in [5.74, 6) is -0.597. The first kappa shape index (κ1) is 24.6. The molecule has 0 aliphatic carbocycles. The average Bonchev–Trinajstić information content (AvgIpc) is 3.70. The molecule has 0 saturated carbocycles. The molecule has 2 amide bonds. The molecule has 3 N–H and O–H groups in total. The first-order chi connectivity index (χ1) is 18.9. The van der Waals surface area contributed by atoms with Gasteiger partial charge in [-0.2, -0.15) is 10.2 Å². The van der Waals surface area contributed by atoms with Crippen LogP contribution in [0.25, 0.3) is 11.1 Å². The van der Waals surface area contributed by atoms with Crippen LogP contribution in [-0.2, 0) is 18.3 Å². The maximum atomic E-state index is 12.7. The van der Waals surface area contributed by atoms with E-state index >= 15 is 0 Å². The quantitative estimate of drug-likeness (QED) is 0.343. The number of carbonyl (C=O) groups excluding carboxylic acids is 2. The second kappa shape index (κ2) is 9.83. The van der Waals surface area contributed by atoms with Crippen LogP contribution in [0, 0.1) is 0 Å². The zero-order valence-electron chi connectivity index (χ0n) is 21.8. The van der Waals surface area contributed by atoms with Gasteiger partial charge >= 0.3 is 0 Å². The summed E-state index contributed by atoms with van der Waals surface area (Å²) in [7, 11) is 5.28. The largest absolute Gasteiger partial charge is 0.379 e. The molecule has 1 atom stereocenters. The first-order valence-corrected chi connectivity index (χ1v) is 12.6. The highest BCUT2D eigenvalue weighted by atomic mass is 16.5. The lowest BCUT2D eigenvalue weighted by Crippen LogP contribution is -2.26. The molecule has 1 saturated heterocycles. The van der Waals surface area contributed by atoms with E-state index in [0.717, 1.165) is 41.2 Å². The lowest BCUT2D eigenvalue weighted by atomic mass is 9.97. The Morgan fingerprint density at radius 2 is 1.92 bits per heavy atom. The second-order valence-corrected chi connectivity index (χ2v) is 9.58. The molecule has 13 heteroatoms. The SMILES string of the molecule is CNC(=O)c1nnc(NC(=O)c2cnn(C)c2)cc1Nc1cccc2c1N(C)Cc1c-2cnn1[C@@H]1CCOC1. The van der Waals surface area contributed by atoms with Crippen LogP contribution in [0.2, 0.25) is 0 Å². The molecule has 0 unspecified atom stereocenters. The summed E-state index contributed by atoms with van der Waals surface area (Å²) in [6.07, 6.45) is 5.93. The fraction of sp³-hybridized carbons (Fsp3) is 0.308. The van der Waals surface area contributed by atoms with Gasteiger partial charge < -0.3 is 25.6 Å². The number of hydrogen-bond acceptors (Lipinski definition) is 9. The van der Waals surface area contributed by atoms with Crippen LogP contribution in [0.15, 0.2) is 42.9 Å². The molecule has 0 bridgehead atoms. The molecule has 0 radical (unpaired) electrons. The fourth-order valence-corrected chi connectivity index (χ4v) is 5.08. The average molecular weight is 529 g/mol. The number of carbonyl (C=O) groups is 2. The molecule has 6 rings (SSSR count). The minimum absolute atomic E-state index is 0.0997. The summed E-state index contributed by atoms with van der Waals surface area (Å²) < 4.78 is 9.22.